The quantitative estimate of drug-likeness (QED) is 0.762. The zero-order valence-electron chi connectivity index (χ0n) is 14.9. The summed E-state index contributed by atoms with van der Waals surface area (Å²) >= 11 is 1.27. The molecule has 10 heteroatoms. The van der Waals surface area contributed by atoms with Crippen molar-refractivity contribution in [2.24, 2.45) is 4.99 Å². The molecular formula is C17H20N2O6S2. The Bertz CT molecular complexity index is 912. The second-order valence-corrected chi connectivity index (χ2v) is 9.92. The number of carboxylic acid groups (broad SMARTS) is 1. The van der Waals surface area contributed by atoms with E-state index in [-0.39, 0.29) is 22.8 Å². The first-order valence-electron chi connectivity index (χ1n) is 8.31. The van der Waals surface area contributed by atoms with Crippen molar-refractivity contribution in [1.29, 1.82) is 0 Å². The number of benzene rings is 1. The monoisotopic (exact) mass is 412 g/mol. The largest absolute Gasteiger partial charge is 0.480 e. The highest BCUT2D eigenvalue weighted by atomic mass is 32.2. The van der Waals surface area contributed by atoms with Crippen molar-refractivity contribution in [2.45, 2.75) is 25.1 Å². The number of carbonyl (C=O) groups excluding carboxylic acids is 1. The molecule has 2 atom stereocenters. The molecule has 0 saturated carbocycles. The number of amidine groups is 1. The van der Waals surface area contributed by atoms with Gasteiger partial charge in [-0.3, -0.25) is 4.79 Å². The highest BCUT2D eigenvalue weighted by Gasteiger charge is 2.49. The number of hydrogen-bond donors (Lipinski definition) is 1. The van der Waals surface area contributed by atoms with Gasteiger partial charge in [0.25, 0.3) is 5.91 Å². The Labute approximate surface area is 161 Å². The molecule has 1 aromatic carbocycles. The van der Waals surface area contributed by atoms with E-state index >= 15 is 0 Å². The molecule has 8 nitrogen and oxygen atoms in total. The molecule has 1 aromatic rings. The van der Waals surface area contributed by atoms with E-state index in [2.05, 4.69) is 4.99 Å². The van der Waals surface area contributed by atoms with Crippen molar-refractivity contribution in [3.05, 3.63) is 29.3 Å². The van der Waals surface area contributed by atoms with Crippen LogP contribution >= 0.6 is 11.8 Å². The molecule has 2 aliphatic rings. The Morgan fingerprint density at radius 3 is 2.74 bits per heavy atom. The lowest BCUT2D eigenvalue weighted by atomic mass is 10.1. The second kappa shape index (κ2) is 7.61. The summed E-state index contributed by atoms with van der Waals surface area (Å²) in [6.07, 6.45) is 0. The summed E-state index contributed by atoms with van der Waals surface area (Å²) in [5.41, 5.74) is 2.87. The number of sulfone groups is 1. The fraction of sp³-hybridized carbons (Fsp3) is 0.471. The van der Waals surface area contributed by atoms with E-state index in [1.54, 1.807) is 0 Å². The number of anilines is 1. The highest BCUT2D eigenvalue weighted by molar-refractivity contribution is 8.16. The third-order valence-electron chi connectivity index (χ3n) is 4.57. The number of nitrogens with zero attached hydrogens (tertiary/aromatic N) is 2. The van der Waals surface area contributed by atoms with E-state index in [0.29, 0.717) is 5.17 Å². The number of rotatable bonds is 5. The Morgan fingerprint density at radius 1 is 1.30 bits per heavy atom. The first-order valence-corrected chi connectivity index (χ1v) is 11.0. The fourth-order valence-corrected chi connectivity index (χ4v) is 7.13. The van der Waals surface area contributed by atoms with Gasteiger partial charge in [0.15, 0.2) is 15.0 Å². The molecule has 2 aliphatic heterocycles. The highest BCUT2D eigenvalue weighted by Crippen LogP contribution is 2.42. The Hall–Kier alpha value is -1.91. The lowest BCUT2D eigenvalue weighted by Gasteiger charge is -2.26. The van der Waals surface area contributed by atoms with E-state index in [1.165, 1.54) is 11.8 Å². The average Bonchev–Trinajstić information content (AvgIpc) is 3.01. The van der Waals surface area contributed by atoms with Gasteiger partial charge in [-0.1, -0.05) is 23.9 Å². The van der Waals surface area contributed by atoms with Gasteiger partial charge in [-0.2, -0.15) is 4.99 Å². The van der Waals surface area contributed by atoms with Crippen LogP contribution in [-0.2, 0) is 24.2 Å². The second-order valence-electron chi connectivity index (χ2n) is 6.56. The van der Waals surface area contributed by atoms with Crippen LogP contribution in [0.3, 0.4) is 0 Å². The number of hydrogen-bond acceptors (Lipinski definition) is 6. The van der Waals surface area contributed by atoms with E-state index < -0.39 is 34.9 Å². The van der Waals surface area contributed by atoms with E-state index in [0.717, 1.165) is 16.8 Å². The smallest absolute Gasteiger partial charge is 0.329 e. The molecular weight excluding hydrogens is 392 g/mol. The van der Waals surface area contributed by atoms with Gasteiger partial charge in [-0.05, 0) is 31.0 Å². The third kappa shape index (κ3) is 4.33. The Balaban J connectivity index is 1.91. The lowest BCUT2D eigenvalue weighted by Crippen LogP contribution is -2.38. The van der Waals surface area contributed by atoms with Crippen LogP contribution in [0.2, 0.25) is 0 Å². The number of aliphatic carboxylic acids is 1. The number of aryl methyl sites for hydroxylation is 1. The minimum Gasteiger partial charge on any atom is -0.480 e. The van der Waals surface area contributed by atoms with Gasteiger partial charge in [0.2, 0.25) is 0 Å². The molecule has 3 rings (SSSR count). The van der Waals surface area contributed by atoms with Crippen LogP contribution in [0.4, 0.5) is 5.69 Å². The molecule has 0 aliphatic carbocycles. The molecule has 2 saturated heterocycles. The third-order valence-corrected chi connectivity index (χ3v) is 7.78. The maximum absolute atomic E-state index is 12.1. The van der Waals surface area contributed by atoms with Crippen LogP contribution in [0.1, 0.15) is 11.1 Å². The van der Waals surface area contributed by atoms with E-state index in [4.69, 9.17) is 9.84 Å². The van der Waals surface area contributed by atoms with Crippen molar-refractivity contribution >= 4 is 44.3 Å². The summed E-state index contributed by atoms with van der Waals surface area (Å²) in [7, 11) is -3.14. The van der Waals surface area contributed by atoms with Crippen LogP contribution in [0.5, 0.6) is 0 Å². The van der Waals surface area contributed by atoms with Gasteiger partial charge in [0.1, 0.15) is 13.2 Å². The minimum absolute atomic E-state index is 0.0147. The molecule has 1 amide bonds. The van der Waals surface area contributed by atoms with Crippen LogP contribution in [0.25, 0.3) is 0 Å². The molecule has 27 heavy (non-hydrogen) atoms. The molecule has 2 fully saturated rings. The van der Waals surface area contributed by atoms with E-state index in [9.17, 15) is 18.0 Å². The van der Waals surface area contributed by atoms with Crippen LogP contribution < -0.4 is 4.90 Å². The summed E-state index contributed by atoms with van der Waals surface area (Å²) in [5, 5.41) is 8.81. The lowest BCUT2D eigenvalue weighted by molar-refractivity contribution is -0.143. The number of ether oxygens (including phenoxy) is 1. The SMILES string of the molecule is Cc1cccc(N2C(=NC(=O)COCC(=O)O)S[C@H]3CS(=O)(=O)C[C@@H]32)c1C. The summed E-state index contributed by atoms with van der Waals surface area (Å²) in [6, 6.07) is 5.45. The topological polar surface area (TPSA) is 113 Å². The van der Waals surface area contributed by atoms with Crippen LogP contribution in [0.15, 0.2) is 23.2 Å². The summed E-state index contributed by atoms with van der Waals surface area (Å²) in [5.74, 6) is -1.70. The molecule has 0 bridgehead atoms. The number of amides is 1. The molecule has 146 valence electrons. The molecule has 0 radical (unpaired) electrons. The van der Waals surface area contributed by atoms with Crippen LogP contribution in [-0.4, -0.2) is 66.6 Å². The van der Waals surface area contributed by atoms with Gasteiger partial charge in [0, 0.05) is 10.9 Å². The zero-order chi connectivity index (χ0) is 19.8. The van der Waals surface area contributed by atoms with Gasteiger partial charge in [-0.15, -0.1) is 0 Å². The zero-order valence-corrected chi connectivity index (χ0v) is 16.5. The molecule has 0 unspecified atom stereocenters. The van der Waals surface area contributed by atoms with Crippen LogP contribution in [0, 0.1) is 13.8 Å². The van der Waals surface area contributed by atoms with Crippen molar-refractivity contribution in [1.82, 2.24) is 0 Å². The summed E-state index contributed by atoms with van der Waals surface area (Å²) < 4.78 is 29.0. The summed E-state index contributed by atoms with van der Waals surface area (Å²) in [4.78, 5) is 28.5. The maximum Gasteiger partial charge on any atom is 0.329 e. The number of carboxylic acids is 1. The first kappa shape index (κ1) is 19.8. The predicted molar refractivity (Wildman–Crippen MR) is 103 cm³/mol. The van der Waals surface area contributed by atoms with Gasteiger partial charge in [-0.25, -0.2) is 13.2 Å². The van der Waals surface area contributed by atoms with Gasteiger partial charge >= 0.3 is 5.97 Å². The first-order chi connectivity index (χ1) is 12.7. The molecule has 0 aromatic heterocycles. The molecule has 2 heterocycles. The Kier molecular flexibility index (Phi) is 5.59. The number of fused-ring (bicyclic) bond motifs is 1. The minimum atomic E-state index is -3.14. The van der Waals surface area contributed by atoms with Crippen molar-refractivity contribution in [3.63, 3.8) is 0 Å². The van der Waals surface area contributed by atoms with Crippen molar-refractivity contribution < 1.29 is 27.9 Å². The molecule has 1 N–H and O–H groups in total. The van der Waals surface area contributed by atoms with Crippen molar-refractivity contribution in [3.8, 4) is 0 Å². The normalized spacial score (nSPS) is 25.0. The number of thioether (sulfide) groups is 1. The number of carbonyl (C=O) groups is 2. The fourth-order valence-electron chi connectivity index (χ4n) is 3.21. The predicted octanol–water partition coefficient (Wildman–Crippen LogP) is 1.01. The summed E-state index contributed by atoms with van der Waals surface area (Å²) in [6.45, 7) is 2.90. The Morgan fingerprint density at radius 2 is 2.04 bits per heavy atom. The number of aliphatic imine (C=N–C) groups is 1. The van der Waals surface area contributed by atoms with Gasteiger partial charge < -0.3 is 14.7 Å². The van der Waals surface area contributed by atoms with E-state index in [1.807, 2.05) is 36.9 Å². The molecule has 0 spiro atoms. The van der Waals surface area contributed by atoms with Crippen molar-refractivity contribution in [2.75, 3.05) is 29.6 Å². The maximum atomic E-state index is 12.1. The van der Waals surface area contributed by atoms with Gasteiger partial charge in [0.05, 0.1) is 17.5 Å². The average molecular weight is 412 g/mol. The standard InChI is InChI=1S/C17H20N2O6S2/c1-10-4-3-5-12(11(10)2)19-13-8-27(23,24)9-14(13)26-17(19)18-15(20)6-25-7-16(21)22/h3-5,13-14H,6-9H2,1-2H3,(H,21,22)/t13-,14-/m0/s1.